The van der Waals surface area contributed by atoms with E-state index in [1.165, 1.54) is 24.8 Å². The Morgan fingerprint density at radius 1 is 0.563 bits per heavy atom. The molecular formula is C60H79NO10. The van der Waals surface area contributed by atoms with E-state index in [4.69, 9.17) is 33.2 Å². The molecule has 1 heterocycles. The molecular weight excluding hydrogens is 895 g/mol. The maximum absolute atomic E-state index is 13.7. The number of carbonyl (C=O) groups excluding carboxylic acids is 1. The highest BCUT2D eigenvalue weighted by Gasteiger charge is 2.49. The molecule has 0 bridgehead atoms. The lowest BCUT2D eigenvalue weighted by Crippen LogP contribution is -2.62. The highest BCUT2D eigenvalue weighted by Crippen LogP contribution is 2.32. The van der Waals surface area contributed by atoms with Crippen LogP contribution in [0.5, 0.6) is 5.75 Å². The number of rotatable bonds is 34. The second-order valence-corrected chi connectivity index (χ2v) is 18.6. The van der Waals surface area contributed by atoms with Gasteiger partial charge >= 0.3 is 0 Å². The quantitative estimate of drug-likeness (QED) is 0.0342. The molecule has 5 unspecified atom stereocenters. The zero-order chi connectivity index (χ0) is 49.7. The SMILES string of the molecule is CCCCCCOc1ccc(CCCCC(=O)N[C@@H](COC2OC(COCc3ccccc3)C(OCc3ccccc3)C(OCc3ccccc3)C2OCc2ccccc2)[C@H](O)[C@H](O)CCCCC)cc1. The molecule has 5 aromatic rings. The maximum atomic E-state index is 13.7. The van der Waals surface area contributed by atoms with Gasteiger partial charge in [-0.05, 0) is 72.1 Å². The van der Waals surface area contributed by atoms with Gasteiger partial charge in [0.25, 0.3) is 0 Å². The van der Waals surface area contributed by atoms with Gasteiger partial charge in [0.05, 0.1) is 58.4 Å². The number of benzene rings is 5. The molecule has 71 heavy (non-hydrogen) atoms. The molecule has 6 rings (SSSR count). The summed E-state index contributed by atoms with van der Waals surface area (Å²) in [5.41, 5.74) is 5.08. The van der Waals surface area contributed by atoms with Gasteiger partial charge in [-0.1, -0.05) is 186 Å². The smallest absolute Gasteiger partial charge is 0.220 e. The zero-order valence-electron chi connectivity index (χ0n) is 42.1. The van der Waals surface area contributed by atoms with E-state index in [-0.39, 0.29) is 45.4 Å². The summed E-state index contributed by atoms with van der Waals surface area (Å²) in [5, 5.41) is 26.2. The molecule has 0 aromatic heterocycles. The fourth-order valence-electron chi connectivity index (χ4n) is 8.71. The van der Waals surface area contributed by atoms with Crippen LogP contribution in [0.3, 0.4) is 0 Å². The summed E-state index contributed by atoms with van der Waals surface area (Å²) in [7, 11) is 0. The number of carbonyl (C=O) groups is 1. The van der Waals surface area contributed by atoms with Gasteiger partial charge in [0.1, 0.15) is 36.3 Å². The average molecular weight is 974 g/mol. The molecule has 1 aliphatic rings. The predicted octanol–water partition coefficient (Wildman–Crippen LogP) is 10.9. The van der Waals surface area contributed by atoms with E-state index in [0.29, 0.717) is 19.4 Å². The fourth-order valence-corrected chi connectivity index (χ4v) is 8.71. The number of ether oxygens (including phenoxy) is 7. The molecule has 3 N–H and O–H groups in total. The number of hydrogen-bond acceptors (Lipinski definition) is 10. The number of nitrogens with one attached hydrogen (secondary N) is 1. The number of aliphatic hydroxyl groups excluding tert-OH is 2. The summed E-state index contributed by atoms with van der Waals surface area (Å²) in [5.74, 6) is 0.636. The summed E-state index contributed by atoms with van der Waals surface area (Å²) in [6, 6.07) is 47.0. The van der Waals surface area contributed by atoms with Crippen molar-refractivity contribution in [3.05, 3.63) is 173 Å². The van der Waals surface area contributed by atoms with Crippen LogP contribution in [-0.2, 0) is 66.1 Å². The molecule has 1 saturated heterocycles. The van der Waals surface area contributed by atoms with Gasteiger partial charge < -0.3 is 48.7 Å². The second kappa shape index (κ2) is 32.2. The Bertz CT molecular complexity index is 2130. The number of aryl methyl sites for hydroxylation is 1. The Labute approximate surface area is 423 Å². The van der Waals surface area contributed by atoms with Crippen LogP contribution in [0.25, 0.3) is 0 Å². The molecule has 1 fully saturated rings. The first-order valence-electron chi connectivity index (χ1n) is 26.1. The molecule has 0 saturated carbocycles. The van der Waals surface area contributed by atoms with Crippen molar-refractivity contribution < 1.29 is 48.2 Å². The first-order valence-corrected chi connectivity index (χ1v) is 26.1. The molecule has 1 aliphatic heterocycles. The summed E-state index contributed by atoms with van der Waals surface area (Å²) < 4.78 is 46.5. The van der Waals surface area contributed by atoms with Crippen molar-refractivity contribution in [1.29, 1.82) is 0 Å². The minimum atomic E-state index is -1.31. The number of hydrogen-bond donors (Lipinski definition) is 3. The second-order valence-electron chi connectivity index (χ2n) is 18.6. The molecule has 1 amide bonds. The normalized spacial score (nSPS) is 19.2. The van der Waals surface area contributed by atoms with Crippen LogP contribution in [0, 0.1) is 0 Å². The topological polar surface area (TPSA) is 134 Å². The third kappa shape index (κ3) is 19.9. The van der Waals surface area contributed by atoms with Crippen molar-refractivity contribution in [2.45, 2.75) is 166 Å². The Hall–Kier alpha value is -4.95. The zero-order valence-corrected chi connectivity index (χ0v) is 42.1. The van der Waals surface area contributed by atoms with Crippen molar-refractivity contribution >= 4 is 5.91 Å². The van der Waals surface area contributed by atoms with Crippen LogP contribution in [0.15, 0.2) is 146 Å². The van der Waals surface area contributed by atoms with Crippen molar-refractivity contribution in [1.82, 2.24) is 5.32 Å². The number of unbranched alkanes of at least 4 members (excludes halogenated alkanes) is 6. The Morgan fingerprint density at radius 3 is 1.68 bits per heavy atom. The highest BCUT2D eigenvalue weighted by molar-refractivity contribution is 5.76. The van der Waals surface area contributed by atoms with Gasteiger partial charge in [-0.2, -0.15) is 0 Å². The summed E-state index contributed by atoms with van der Waals surface area (Å²) in [6.45, 7) is 6.08. The lowest BCUT2D eigenvalue weighted by molar-refractivity contribution is -0.330. The van der Waals surface area contributed by atoms with Crippen molar-refractivity contribution in [2.75, 3.05) is 19.8 Å². The first-order chi connectivity index (χ1) is 34.9. The molecule has 8 atom stereocenters. The van der Waals surface area contributed by atoms with E-state index in [2.05, 4.69) is 31.3 Å². The van der Waals surface area contributed by atoms with E-state index in [1.54, 1.807) is 0 Å². The monoisotopic (exact) mass is 974 g/mol. The van der Waals surface area contributed by atoms with Crippen LogP contribution < -0.4 is 10.1 Å². The van der Waals surface area contributed by atoms with Crippen LogP contribution in [-0.4, -0.2) is 84.9 Å². The van der Waals surface area contributed by atoms with Gasteiger partial charge in [-0.3, -0.25) is 4.79 Å². The summed E-state index contributed by atoms with van der Waals surface area (Å²) in [4.78, 5) is 13.7. The molecule has 11 nitrogen and oxygen atoms in total. The highest BCUT2D eigenvalue weighted by atomic mass is 16.7. The van der Waals surface area contributed by atoms with Crippen LogP contribution in [0.4, 0.5) is 0 Å². The van der Waals surface area contributed by atoms with Crippen LogP contribution >= 0.6 is 0 Å². The first kappa shape index (κ1) is 55.4. The molecule has 11 heteroatoms. The predicted molar refractivity (Wildman–Crippen MR) is 277 cm³/mol. The van der Waals surface area contributed by atoms with Gasteiger partial charge in [0.15, 0.2) is 6.29 Å². The van der Waals surface area contributed by atoms with E-state index in [0.717, 1.165) is 73.1 Å². The largest absolute Gasteiger partial charge is 0.494 e. The van der Waals surface area contributed by atoms with Gasteiger partial charge in [0, 0.05) is 6.42 Å². The van der Waals surface area contributed by atoms with Gasteiger partial charge in [0.2, 0.25) is 5.91 Å². The van der Waals surface area contributed by atoms with E-state index in [1.807, 2.05) is 133 Å². The third-order valence-corrected chi connectivity index (χ3v) is 12.8. The van der Waals surface area contributed by atoms with E-state index < -0.39 is 49.0 Å². The van der Waals surface area contributed by atoms with Gasteiger partial charge in [-0.15, -0.1) is 0 Å². The molecule has 5 aromatic carbocycles. The van der Waals surface area contributed by atoms with Crippen LogP contribution in [0.1, 0.15) is 112 Å². The number of aliphatic hydroxyl groups is 2. The lowest BCUT2D eigenvalue weighted by Gasteiger charge is -2.46. The lowest BCUT2D eigenvalue weighted by atomic mass is 9.97. The third-order valence-electron chi connectivity index (χ3n) is 12.8. The molecule has 0 radical (unpaired) electrons. The Kier molecular flexibility index (Phi) is 25.1. The Balaban J connectivity index is 1.20. The van der Waals surface area contributed by atoms with Gasteiger partial charge in [-0.25, -0.2) is 0 Å². The van der Waals surface area contributed by atoms with E-state index in [9.17, 15) is 15.0 Å². The molecule has 0 spiro atoms. The van der Waals surface area contributed by atoms with Crippen molar-refractivity contribution in [3.63, 3.8) is 0 Å². The van der Waals surface area contributed by atoms with Crippen molar-refractivity contribution in [3.8, 4) is 5.75 Å². The summed E-state index contributed by atoms with van der Waals surface area (Å²) in [6.07, 6.45) is 3.73. The minimum absolute atomic E-state index is 0.140. The van der Waals surface area contributed by atoms with Crippen molar-refractivity contribution in [2.24, 2.45) is 0 Å². The maximum Gasteiger partial charge on any atom is 0.220 e. The minimum Gasteiger partial charge on any atom is -0.494 e. The van der Waals surface area contributed by atoms with Crippen LogP contribution in [0.2, 0.25) is 0 Å². The molecule has 384 valence electrons. The fraction of sp³-hybridized carbons (Fsp3) is 0.483. The number of amides is 1. The summed E-state index contributed by atoms with van der Waals surface area (Å²) >= 11 is 0. The van der Waals surface area contributed by atoms with E-state index >= 15 is 0 Å². The standard InChI is InChI=1S/C60H79NO10/c1-3-5-7-23-39-66-51-37-35-46(36-38-51)24-21-22-34-55(63)61-52(56(64)53(62)33-12-6-4-2)44-70-60-59(69-43-50-31-19-11-20-32-50)58(68-42-49-29-17-10-18-30-49)57(67-41-48-27-15-9-16-28-48)54(71-60)45-65-40-47-25-13-8-14-26-47/h8-11,13-20,25-32,35-38,52-54,56-60,62,64H,3-7,12,21-24,33-34,39-45H2,1-2H3,(H,61,63)/t52-,53+,54?,56-,57?,58?,59?,60?/m0/s1. The Morgan fingerprint density at radius 2 is 1.10 bits per heavy atom. The molecule has 0 aliphatic carbocycles. The average Bonchev–Trinajstić information content (AvgIpc) is 3.41.